The maximum atomic E-state index is 14.7. The van der Waals surface area contributed by atoms with Gasteiger partial charge in [-0.25, -0.2) is 14.4 Å². The van der Waals surface area contributed by atoms with Crippen LogP contribution in [0.5, 0.6) is 5.75 Å². The lowest BCUT2D eigenvalue weighted by molar-refractivity contribution is -0.117. The van der Waals surface area contributed by atoms with Crippen LogP contribution in [0.4, 0.5) is 21.6 Å². The number of benzene rings is 2. The number of hydrogen-bond acceptors (Lipinski definition) is 7. The number of aromatic nitrogens is 3. The third-order valence-electron chi connectivity index (χ3n) is 5.66. The second-order valence-electron chi connectivity index (χ2n) is 8.09. The Morgan fingerprint density at radius 1 is 1.17 bits per heavy atom. The molecule has 3 heterocycles. The van der Waals surface area contributed by atoms with E-state index in [0.29, 0.717) is 39.8 Å². The minimum Gasteiger partial charge on any atom is -0.486 e. The molecule has 8 nitrogen and oxygen atoms in total. The zero-order valence-electron chi connectivity index (χ0n) is 18.6. The van der Waals surface area contributed by atoms with Crippen LogP contribution in [0.1, 0.15) is 18.5 Å². The highest BCUT2D eigenvalue weighted by atomic mass is 35.5. The molecule has 1 aliphatic heterocycles. The van der Waals surface area contributed by atoms with Gasteiger partial charge in [-0.2, -0.15) is 0 Å². The maximum absolute atomic E-state index is 14.7. The molecule has 1 amide bonds. The van der Waals surface area contributed by atoms with E-state index in [2.05, 4.69) is 30.9 Å². The van der Waals surface area contributed by atoms with Crippen molar-refractivity contribution >= 4 is 45.6 Å². The van der Waals surface area contributed by atoms with E-state index >= 15 is 0 Å². The molecule has 178 valence electrons. The van der Waals surface area contributed by atoms with E-state index in [1.807, 2.05) is 18.2 Å². The van der Waals surface area contributed by atoms with Gasteiger partial charge < -0.3 is 20.7 Å². The Morgan fingerprint density at radius 3 is 2.86 bits per heavy atom. The molecule has 3 N–H and O–H groups in total. The first-order chi connectivity index (χ1) is 17.1. The predicted molar refractivity (Wildman–Crippen MR) is 132 cm³/mol. The first-order valence-corrected chi connectivity index (χ1v) is 11.5. The fourth-order valence-corrected chi connectivity index (χ4v) is 4.10. The fourth-order valence-electron chi connectivity index (χ4n) is 3.87. The molecule has 10 heteroatoms. The molecule has 0 saturated carbocycles. The van der Waals surface area contributed by atoms with E-state index in [1.54, 1.807) is 24.4 Å². The summed E-state index contributed by atoms with van der Waals surface area (Å²) in [7, 11) is 0. The van der Waals surface area contributed by atoms with Crippen LogP contribution in [0.2, 0.25) is 5.02 Å². The monoisotopic (exact) mass is 492 g/mol. The van der Waals surface area contributed by atoms with Gasteiger partial charge in [0.25, 0.3) is 0 Å². The normalized spacial score (nSPS) is 15.2. The van der Waals surface area contributed by atoms with Crippen molar-refractivity contribution in [1.82, 2.24) is 20.3 Å². The van der Waals surface area contributed by atoms with Crippen LogP contribution in [0.25, 0.3) is 10.9 Å². The van der Waals surface area contributed by atoms with Crippen molar-refractivity contribution in [2.75, 3.05) is 17.2 Å². The Balaban J connectivity index is 1.35. The molecule has 1 fully saturated rings. The molecule has 35 heavy (non-hydrogen) atoms. The van der Waals surface area contributed by atoms with E-state index in [-0.39, 0.29) is 17.6 Å². The molecule has 1 aliphatic rings. The number of hydrogen-bond donors (Lipinski definition) is 3. The van der Waals surface area contributed by atoms with Gasteiger partial charge >= 0.3 is 0 Å². The SMILES string of the molecule is O=C(Nc1cc2c(Nc3ccc(OCc4ccccn4)c(Cl)c3)ncnc2cc1F)[C@H]1CCCN1. The molecular weight excluding hydrogens is 471 g/mol. The van der Waals surface area contributed by atoms with Crippen molar-refractivity contribution in [2.24, 2.45) is 0 Å². The highest BCUT2D eigenvalue weighted by Crippen LogP contribution is 2.32. The van der Waals surface area contributed by atoms with Crippen molar-refractivity contribution < 1.29 is 13.9 Å². The molecule has 1 atom stereocenters. The molecule has 1 saturated heterocycles. The van der Waals surface area contributed by atoms with E-state index in [9.17, 15) is 9.18 Å². The van der Waals surface area contributed by atoms with Crippen LogP contribution < -0.4 is 20.7 Å². The van der Waals surface area contributed by atoms with Gasteiger partial charge in [0.1, 0.15) is 30.3 Å². The van der Waals surface area contributed by atoms with Gasteiger partial charge in [0, 0.05) is 23.3 Å². The Bertz CT molecular complexity index is 1370. The van der Waals surface area contributed by atoms with E-state index in [4.69, 9.17) is 16.3 Å². The third-order valence-corrected chi connectivity index (χ3v) is 5.95. The van der Waals surface area contributed by atoms with Gasteiger partial charge in [-0.15, -0.1) is 0 Å². The van der Waals surface area contributed by atoms with Gasteiger partial charge in [-0.1, -0.05) is 17.7 Å². The van der Waals surface area contributed by atoms with Crippen molar-refractivity contribution in [3.05, 3.63) is 77.6 Å². The van der Waals surface area contributed by atoms with E-state index in [0.717, 1.165) is 25.1 Å². The number of carbonyl (C=O) groups is 1. The summed E-state index contributed by atoms with van der Waals surface area (Å²) < 4.78 is 20.4. The lowest BCUT2D eigenvalue weighted by Gasteiger charge is -2.14. The Kier molecular flexibility index (Phi) is 6.69. The van der Waals surface area contributed by atoms with Gasteiger partial charge in [0.2, 0.25) is 5.91 Å². The zero-order chi connectivity index (χ0) is 24.2. The Labute approximate surface area is 205 Å². The fraction of sp³-hybridized carbons (Fsp3) is 0.200. The number of anilines is 3. The van der Waals surface area contributed by atoms with E-state index < -0.39 is 5.82 Å². The van der Waals surface area contributed by atoms with E-state index in [1.165, 1.54) is 18.5 Å². The summed E-state index contributed by atoms with van der Waals surface area (Å²) in [5.74, 6) is 0.136. The van der Waals surface area contributed by atoms with Gasteiger partial charge in [-0.05, 0) is 55.8 Å². The number of ether oxygens (including phenoxy) is 1. The van der Waals surface area contributed by atoms with Gasteiger partial charge in [0.05, 0.1) is 28.0 Å². The van der Waals surface area contributed by atoms with Crippen LogP contribution >= 0.6 is 11.6 Å². The zero-order valence-corrected chi connectivity index (χ0v) is 19.3. The summed E-state index contributed by atoms with van der Waals surface area (Å²) in [5, 5.41) is 9.94. The molecule has 2 aromatic carbocycles. The first kappa shape index (κ1) is 22.9. The highest BCUT2D eigenvalue weighted by Gasteiger charge is 2.23. The molecule has 0 bridgehead atoms. The highest BCUT2D eigenvalue weighted by molar-refractivity contribution is 6.32. The lowest BCUT2D eigenvalue weighted by atomic mass is 10.1. The van der Waals surface area contributed by atoms with Crippen LogP contribution in [0, 0.1) is 5.82 Å². The molecular formula is C25H22ClFN6O2. The number of fused-ring (bicyclic) bond motifs is 1. The number of amides is 1. The molecule has 0 unspecified atom stereocenters. The van der Waals surface area contributed by atoms with Crippen molar-refractivity contribution in [1.29, 1.82) is 0 Å². The van der Waals surface area contributed by atoms with Crippen molar-refractivity contribution in [3.63, 3.8) is 0 Å². The molecule has 0 aliphatic carbocycles. The third kappa shape index (κ3) is 5.31. The second-order valence-corrected chi connectivity index (χ2v) is 8.50. The first-order valence-electron chi connectivity index (χ1n) is 11.1. The molecule has 2 aromatic heterocycles. The largest absolute Gasteiger partial charge is 0.486 e. The summed E-state index contributed by atoms with van der Waals surface area (Å²) >= 11 is 6.42. The van der Waals surface area contributed by atoms with Crippen LogP contribution in [-0.4, -0.2) is 33.4 Å². The van der Waals surface area contributed by atoms with Gasteiger partial charge in [0.15, 0.2) is 0 Å². The number of halogens is 2. The molecule has 0 radical (unpaired) electrons. The maximum Gasteiger partial charge on any atom is 0.241 e. The van der Waals surface area contributed by atoms with Crippen LogP contribution in [-0.2, 0) is 11.4 Å². The predicted octanol–water partition coefficient (Wildman–Crippen LogP) is 4.83. The topological polar surface area (TPSA) is 101 Å². The number of rotatable bonds is 7. The summed E-state index contributed by atoms with van der Waals surface area (Å²) in [4.78, 5) is 25.2. The lowest BCUT2D eigenvalue weighted by Crippen LogP contribution is -2.35. The minimum absolute atomic E-state index is 0.0744. The van der Waals surface area contributed by atoms with Crippen molar-refractivity contribution in [2.45, 2.75) is 25.5 Å². The molecule has 0 spiro atoms. The number of pyridine rings is 1. The Morgan fingerprint density at radius 2 is 2.09 bits per heavy atom. The van der Waals surface area contributed by atoms with Gasteiger partial charge in [-0.3, -0.25) is 9.78 Å². The number of nitrogens with one attached hydrogen (secondary N) is 3. The summed E-state index contributed by atoms with van der Waals surface area (Å²) in [5.41, 5.74) is 1.92. The summed E-state index contributed by atoms with van der Waals surface area (Å²) in [6, 6.07) is 13.3. The number of nitrogens with zero attached hydrogens (tertiary/aromatic N) is 3. The van der Waals surface area contributed by atoms with Crippen molar-refractivity contribution in [3.8, 4) is 5.75 Å². The Hall–Kier alpha value is -3.82. The van der Waals surface area contributed by atoms with Crippen LogP contribution in [0.3, 0.4) is 0 Å². The van der Waals surface area contributed by atoms with Crippen LogP contribution in [0.15, 0.2) is 61.1 Å². The second kappa shape index (κ2) is 10.2. The summed E-state index contributed by atoms with van der Waals surface area (Å²) in [6.45, 7) is 1.07. The summed E-state index contributed by atoms with van der Waals surface area (Å²) in [6.07, 6.45) is 4.68. The average Bonchev–Trinajstić information content (AvgIpc) is 3.40. The molecule has 5 rings (SSSR count). The number of carbonyl (C=O) groups excluding carboxylic acids is 1. The molecule has 4 aromatic rings. The average molecular weight is 493 g/mol. The smallest absolute Gasteiger partial charge is 0.241 e. The minimum atomic E-state index is -0.564. The quantitative estimate of drug-likeness (QED) is 0.339. The standard InChI is InChI=1S/C25H22ClFN6O2/c26-18-10-15(6-7-23(18)35-13-16-4-1-2-8-28-16)32-24-17-11-22(19(27)12-21(17)30-14-31-24)33-25(34)20-5-3-9-29-20/h1-2,4,6-8,10-12,14,20,29H,3,5,9,13H2,(H,33,34)(H,30,31,32)/t20-/m1/s1.